The highest BCUT2D eigenvalue weighted by Gasteiger charge is 2.23. The number of aromatic nitrogens is 2. The molecule has 4 aromatic rings. The topological polar surface area (TPSA) is 65.7 Å². The maximum absolute atomic E-state index is 13.7. The van der Waals surface area contributed by atoms with Crippen molar-refractivity contribution in [2.75, 3.05) is 7.11 Å². The molecular weight excluding hydrogens is 714 g/mol. The van der Waals surface area contributed by atoms with Crippen LogP contribution in [0.15, 0.2) is 71.8 Å². The molecule has 1 saturated carbocycles. The Morgan fingerprint density at radius 1 is 1.08 bits per heavy atom. The van der Waals surface area contributed by atoms with Crippen molar-refractivity contribution >= 4 is 76.5 Å². The van der Waals surface area contributed by atoms with E-state index in [-0.39, 0.29) is 18.1 Å². The van der Waals surface area contributed by atoms with E-state index in [2.05, 4.69) is 52.9 Å². The van der Waals surface area contributed by atoms with Gasteiger partial charge in [-0.05, 0) is 75.0 Å². The van der Waals surface area contributed by atoms with Gasteiger partial charge in [-0.1, -0.05) is 65.0 Å². The summed E-state index contributed by atoms with van der Waals surface area (Å²) in [5, 5.41) is 5.83. The third-order valence-electron chi connectivity index (χ3n) is 6.82. The van der Waals surface area contributed by atoms with Crippen LogP contribution in [0.25, 0.3) is 10.9 Å². The second-order valence-electron chi connectivity index (χ2n) is 9.33. The normalized spacial score (nSPS) is 14.3. The van der Waals surface area contributed by atoms with Crippen molar-refractivity contribution in [1.29, 1.82) is 0 Å². The summed E-state index contributed by atoms with van der Waals surface area (Å²) >= 11 is 17.1. The summed E-state index contributed by atoms with van der Waals surface area (Å²) in [7, 11) is 1.58. The number of hydrogen-bond acceptors (Lipinski definition) is 5. The SMILES string of the molecule is COc1cc(C=Nn2c(C3CCCCC3)nc3ccc(Br)cc3c2=O)c(Br)c(Br)c1OCc1ccccc1Cl. The van der Waals surface area contributed by atoms with E-state index in [1.54, 1.807) is 19.4 Å². The van der Waals surface area contributed by atoms with Gasteiger partial charge in [0, 0.05) is 31.0 Å². The van der Waals surface area contributed by atoms with Gasteiger partial charge in [0.05, 0.1) is 28.7 Å². The first-order chi connectivity index (χ1) is 18.9. The molecule has 5 rings (SSSR count). The molecule has 0 bridgehead atoms. The highest BCUT2D eigenvalue weighted by Crippen LogP contribution is 2.43. The average molecular weight is 739 g/mol. The summed E-state index contributed by atoms with van der Waals surface area (Å²) < 4.78 is 15.4. The zero-order valence-electron chi connectivity index (χ0n) is 21.1. The van der Waals surface area contributed by atoms with Gasteiger partial charge in [0.15, 0.2) is 11.5 Å². The number of rotatable bonds is 7. The first kappa shape index (κ1) is 28.3. The van der Waals surface area contributed by atoms with Gasteiger partial charge in [-0.15, -0.1) is 0 Å². The summed E-state index contributed by atoms with van der Waals surface area (Å²) in [5.74, 6) is 1.92. The van der Waals surface area contributed by atoms with Crippen LogP contribution in [0.4, 0.5) is 0 Å². The van der Waals surface area contributed by atoms with Crippen LogP contribution in [0.2, 0.25) is 5.02 Å². The predicted octanol–water partition coefficient (Wildman–Crippen LogP) is 8.85. The Balaban J connectivity index is 1.54. The molecule has 1 aliphatic rings. The summed E-state index contributed by atoms with van der Waals surface area (Å²) in [6.45, 7) is 0.271. The number of benzene rings is 3. The fourth-order valence-electron chi connectivity index (χ4n) is 4.77. The standard InChI is InChI=1S/C29H25Br3ClN3O3/c1-38-24-13-19(25(31)26(32)27(24)39-16-18-9-5-6-10-22(18)33)15-34-36-28(17-7-3-2-4-8-17)35-23-12-11-20(30)14-21(23)29(36)37/h5-6,9-15,17H,2-4,7-8,16H2,1H3. The quantitative estimate of drug-likeness (QED) is 0.178. The van der Waals surface area contributed by atoms with Gasteiger partial charge in [0.2, 0.25) is 0 Å². The minimum atomic E-state index is -0.194. The first-order valence-corrected chi connectivity index (χ1v) is 15.3. The van der Waals surface area contributed by atoms with Crippen molar-refractivity contribution in [1.82, 2.24) is 9.66 Å². The molecule has 0 N–H and O–H groups in total. The van der Waals surface area contributed by atoms with E-state index < -0.39 is 0 Å². The van der Waals surface area contributed by atoms with Crippen LogP contribution in [0, 0.1) is 0 Å². The number of methoxy groups -OCH3 is 1. The molecule has 0 amide bonds. The highest BCUT2D eigenvalue weighted by atomic mass is 79.9. The van der Waals surface area contributed by atoms with E-state index in [4.69, 9.17) is 26.1 Å². The molecule has 39 heavy (non-hydrogen) atoms. The van der Waals surface area contributed by atoms with Gasteiger partial charge < -0.3 is 9.47 Å². The minimum Gasteiger partial charge on any atom is -0.493 e. The maximum atomic E-state index is 13.7. The summed E-state index contributed by atoms with van der Waals surface area (Å²) in [6.07, 6.45) is 7.07. The van der Waals surface area contributed by atoms with Crippen LogP contribution in [0.1, 0.15) is 55.0 Å². The van der Waals surface area contributed by atoms with Gasteiger partial charge in [0.1, 0.15) is 12.4 Å². The number of fused-ring (bicyclic) bond motifs is 1. The number of ether oxygens (including phenoxy) is 2. The second kappa shape index (κ2) is 12.5. The molecule has 0 atom stereocenters. The van der Waals surface area contributed by atoms with Gasteiger partial charge in [0.25, 0.3) is 5.56 Å². The van der Waals surface area contributed by atoms with Crippen LogP contribution >= 0.6 is 59.4 Å². The fraction of sp³-hybridized carbons (Fsp3) is 0.276. The van der Waals surface area contributed by atoms with Crippen molar-refractivity contribution in [3.8, 4) is 11.5 Å². The first-order valence-electron chi connectivity index (χ1n) is 12.6. The molecule has 3 aromatic carbocycles. The molecule has 10 heteroatoms. The maximum Gasteiger partial charge on any atom is 0.282 e. The lowest BCUT2D eigenvalue weighted by Crippen LogP contribution is -2.25. The van der Waals surface area contributed by atoms with Gasteiger partial charge in [-0.25, -0.2) is 4.98 Å². The Kier molecular flexibility index (Phi) is 9.11. The van der Waals surface area contributed by atoms with E-state index in [1.807, 2.05) is 42.5 Å². The smallest absolute Gasteiger partial charge is 0.282 e. The highest BCUT2D eigenvalue weighted by molar-refractivity contribution is 9.13. The fourth-order valence-corrected chi connectivity index (χ4v) is 6.26. The minimum absolute atomic E-state index is 0.182. The zero-order chi connectivity index (χ0) is 27.5. The average Bonchev–Trinajstić information content (AvgIpc) is 2.95. The Labute approximate surface area is 256 Å². The van der Waals surface area contributed by atoms with E-state index in [0.717, 1.165) is 35.7 Å². The lowest BCUT2D eigenvalue weighted by Gasteiger charge is -2.23. The summed E-state index contributed by atoms with van der Waals surface area (Å²) in [4.78, 5) is 18.6. The van der Waals surface area contributed by atoms with E-state index in [9.17, 15) is 4.79 Å². The Morgan fingerprint density at radius 2 is 1.85 bits per heavy atom. The van der Waals surface area contributed by atoms with Crippen LogP contribution in [-0.2, 0) is 6.61 Å². The third kappa shape index (κ3) is 6.11. The van der Waals surface area contributed by atoms with Crippen molar-refractivity contribution in [2.45, 2.75) is 44.6 Å². The predicted molar refractivity (Wildman–Crippen MR) is 167 cm³/mol. The Morgan fingerprint density at radius 3 is 2.59 bits per heavy atom. The number of halogens is 4. The molecule has 0 spiro atoms. The van der Waals surface area contributed by atoms with E-state index in [0.29, 0.717) is 47.8 Å². The molecule has 202 valence electrons. The molecule has 0 radical (unpaired) electrons. The van der Waals surface area contributed by atoms with Crippen molar-refractivity contribution in [2.24, 2.45) is 5.10 Å². The van der Waals surface area contributed by atoms with Crippen molar-refractivity contribution < 1.29 is 9.47 Å². The molecule has 1 heterocycles. The van der Waals surface area contributed by atoms with Crippen LogP contribution < -0.4 is 15.0 Å². The van der Waals surface area contributed by atoms with Crippen LogP contribution in [0.3, 0.4) is 0 Å². The van der Waals surface area contributed by atoms with Crippen LogP contribution in [-0.4, -0.2) is 23.0 Å². The third-order valence-corrected chi connectivity index (χ3v) is 9.83. The van der Waals surface area contributed by atoms with Gasteiger partial charge >= 0.3 is 0 Å². The number of hydrogen-bond donors (Lipinski definition) is 0. The largest absolute Gasteiger partial charge is 0.493 e. The second-order valence-corrected chi connectivity index (χ2v) is 12.2. The molecule has 1 aliphatic carbocycles. The Bertz CT molecular complexity index is 1620. The summed E-state index contributed by atoms with van der Waals surface area (Å²) in [5.41, 5.74) is 2.06. The van der Waals surface area contributed by atoms with Crippen molar-refractivity contribution in [3.05, 3.63) is 94.3 Å². The van der Waals surface area contributed by atoms with Crippen molar-refractivity contribution in [3.63, 3.8) is 0 Å². The lowest BCUT2D eigenvalue weighted by molar-refractivity contribution is 0.282. The lowest BCUT2D eigenvalue weighted by atomic mass is 9.88. The van der Waals surface area contributed by atoms with Gasteiger partial charge in [-0.2, -0.15) is 9.78 Å². The molecule has 0 aliphatic heterocycles. The van der Waals surface area contributed by atoms with E-state index >= 15 is 0 Å². The molecule has 1 fully saturated rings. The molecule has 6 nitrogen and oxygen atoms in total. The summed E-state index contributed by atoms with van der Waals surface area (Å²) in [6, 6.07) is 14.9. The molecule has 0 saturated heterocycles. The number of nitrogens with zero attached hydrogens (tertiary/aromatic N) is 3. The van der Waals surface area contributed by atoms with E-state index in [1.165, 1.54) is 11.1 Å². The zero-order valence-corrected chi connectivity index (χ0v) is 26.6. The van der Waals surface area contributed by atoms with Gasteiger partial charge in [-0.3, -0.25) is 4.79 Å². The molecular formula is C29H25Br3ClN3O3. The van der Waals surface area contributed by atoms with Crippen LogP contribution in [0.5, 0.6) is 11.5 Å². The molecule has 1 aromatic heterocycles. The molecule has 0 unspecified atom stereocenters. The monoisotopic (exact) mass is 735 g/mol. The Hall–Kier alpha value is -2.20.